The first-order valence-electron chi connectivity index (χ1n) is 13.1. The predicted molar refractivity (Wildman–Crippen MR) is 150 cm³/mol. The summed E-state index contributed by atoms with van der Waals surface area (Å²) in [5.41, 5.74) is 3.17. The highest BCUT2D eigenvalue weighted by Gasteiger charge is 2.43. The van der Waals surface area contributed by atoms with E-state index in [2.05, 4.69) is 30.6 Å². The van der Waals surface area contributed by atoms with Crippen molar-refractivity contribution in [3.8, 4) is 0 Å². The molecule has 2 aromatic carbocycles. The molecule has 5 aromatic rings. The number of aromatic nitrogens is 5. The van der Waals surface area contributed by atoms with Crippen LogP contribution in [0.5, 0.6) is 0 Å². The average Bonchev–Trinajstić information content (AvgIpc) is 3.69. The number of hydrogen-bond acceptors (Lipinski definition) is 8. The van der Waals surface area contributed by atoms with Gasteiger partial charge in [0.1, 0.15) is 24.6 Å². The lowest BCUT2D eigenvalue weighted by molar-refractivity contribution is -0.116. The van der Waals surface area contributed by atoms with Gasteiger partial charge in [-0.3, -0.25) is 14.2 Å². The Labute approximate surface area is 233 Å². The number of fused-ring (bicyclic) bond motifs is 2. The average molecular weight is 554 g/mol. The lowest BCUT2D eigenvalue weighted by Crippen LogP contribution is -2.31. The van der Waals surface area contributed by atoms with Gasteiger partial charge in [0.15, 0.2) is 23.2 Å². The third-order valence-electron chi connectivity index (χ3n) is 6.98. The molecule has 1 fully saturated rings. The number of aliphatic hydroxyl groups is 2. The summed E-state index contributed by atoms with van der Waals surface area (Å²) in [6.45, 7) is 0.425. The monoisotopic (exact) mass is 553 g/mol. The van der Waals surface area contributed by atoms with Crippen LogP contribution in [0.15, 0.2) is 85.6 Å². The summed E-state index contributed by atoms with van der Waals surface area (Å²) in [4.78, 5) is 40.9. The molecule has 1 aliphatic heterocycles. The molecule has 0 spiro atoms. The predicted octanol–water partition coefficient (Wildman–Crippen LogP) is 2.09. The first kappa shape index (κ1) is 26.3. The molecule has 2 amide bonds. The zero-order valence-corrected chi connectivity index (χ0v) is 21.7. The van der Waals surface area contributed by atoms with Crippen molar-refractivity contribution in [2.24, 2.45) is 0 Å². The SMILES string of the molecule is O=C(/C=C/[C@H]1O[C@@H](n2cnc3c(NC(=O)c4ccccc4)ncnc32)[C@H](O)[C@@H]1O)NCCc1c[nH]c2ccccc12. The molecule has 41 heavy (non-hydrogen) atoms. The van der Waals surface area contributed by atoms with Gasteiger partial charge in [0, 0.05) is 35.3 Å². The van der Waals surface area contributed by atoms with Gasteiger partial charge in [0.05, 0.1) is 6.33 Å². The van der Waals surface area contributed by atoms with Crippen LogP contribution >= 0.6 is 0 Å². The van der Waals surface area contributed by atoms with E-state index in [1.807, 2.05) is 36.5 Å². The third-order valence-corrected chi connectivity index (χ3v) is 6.98. The number of carbonyl (C=O) groups excluding carboxylic acids is 2. The van der Waals surface area contributed by atoms with Crippen LogP contribution in [0.1, 0.15) is 22.1 Å². The maximum absolute atomic E-state index is 12.6. The smallest absolute Gasteiger partial charge is 0.256 e. The molecule has 0 saturated carbocycles. The Morgan fingerprint density at radius 3 is 2.68 bits per heavy atom. The van der Waals surface area contributed by atoms with Crippen LogP contribution in [-0.2, 0) is 16.0 Å². The Morgan fingerprint density at radius 1 is 1.02 bits per heavy atom. The minimum Gasteiger partial charge on any atom is -0.387 e. The number of ether oxygens (including phenoxy) is 1. The molecule has 208 valence electrons. The maximum Gasteiger partial charge on any atom is 0.256 e. The number of amides is 2. The number of nitrogens with one attached hydrogen (secondary N) is 3. The first-order valence-corrected chi connectivity index (χ1v) is 13.1. The number of para-hydroxylation sites is 1. The summed E-state index contributed by atoms with van der Waals surface area (Å²) in [5.74, 6) is -0.521. The summed E-state index contributed by atoms with van der Waals surface area (Å²) in [7, 11) is 0. The maximum atomic E-state index is 12.6. The van der Waals surface area contributed by atoms with Gasteiger partial charge in [-0.05, 0) is 36.3 Å². The van der Waals surface area contributed by atoms with E-state index >= 15 is 0 Å². The Morgan fingerprint density at radius 2 is 1.83 bits per heavy atom. The Balaban J connectivity index is 1.10. The number of benzene rings is 2. The number of H-pyrrole nitrogens is 1. The molecular formula is C29H27N7O5. The number of aromatic amines is 1. The van der Waals surface area contributed by atoms with Gasteiger partial charge in [-0.2, -0.15) is 0 Å². The number of imidazole rings is 1. The highest BCUT2D eigenvalue weighted by molar-refractivity contribution is 6.06. The van der Waals surface area contributed by atoms with Crippen molar-refractivity contribution >= 4 is 39.7 Å². The molecular weight excluding hydrogens is 526 g/mol. The second kappa shape index (κ2) is 11.3. The van der Waals surface area contributed by atoms with Gasteiger partial charge in [0.25, 0.3) is 5.91 Å². The first-order chi connectivity index (χ1) is 20.0. The van der Waals surface area contributed by atoms with Crippen molar-refractivity contribution in [3.05, 3.63) is 96.7 Å². The van der Waals surface area contributed by atoms with Crippen LogP contribution in [-0.4, -0.2) is 71.4 Å². The summed E-state index contributed by atoms with van der Waals surface area (Å²) >= 11 is 0. The van der Waals surface area contributed by atoms with Gasteiger partial charge >= 0.3 is 0 Å². The second-order valence-corrected chi connectivity index (χ2v) is 9.60. The van der Waals surface area contributed by atoms with Gasteiger partial charge in [-0.15, -0.1) is 0 Å². The number of anilines is 1. The van der Waals surface area contributed by atoms with Crippen LogP contribution in [0.25, 0.3) is 22.1 Å². The van der Waals surface area contributed by atoms with E-state index in [1.165, 1.54) is 29.4 Å². The summed E-state index contributed by atoms with van der Waals surface area (Å²) < 4.78 is 7.35. The topological polar surface area (TPSA) is 167 Å². The number of carbonyl (C=O) groups is 2. The number of rotatable bonds is 8. The lowest BCUT2D eigenvalue weighted by Gasteiger charge is -2.16. The minimum atomic E-state index is -1.33. The zero-order valence-electron chi connectivity index (χ0n) is 21.7. The molecule has 4 heterocycles. The molecule has 1 saturated heterocycles. The van der Waals surface area contributed by atoms with E-state index in [0.29, 0.717) is 24.2 Å². The van der Waals surface area contributed by atoms with Crippen molar-refractivity contribution in [1.29, 1.82) is 0 Å². The number of nitrogens with zero attached hydrogens (tertiary/aromatic N) is 4. The van der Waals surface area contributed by atoms with Crippen LogP contribution in [0.2, 0.25) is 0 Å². The zero-order chi connectivity index (χ0) is 28.3. The second-order valence-electron chi connectivity index (χ2n) is 9.60. The third kappa shape index (κ3) is 5.31. The molecule has 4 atom stereocenters. The Kier molecular flexibility index (Phi) is 7.25. The van der Waals surface area contributed by atoms with Crippen LogP contribution in [0.4, 0.5) is 5.82 Å². The van der Waals surface area contributed by atoms with E-state index in [0.717, 1.165) is 16.5 Å². The van der Waals surface area contributed by atoms with Crippen LogP contribution < -0.4 is 10.6 Å². The van der Waals surface area contributed by atoms with Crippen molar-refractivity contribution in [1.82, 2.24) is 29.8 Å². The van der Waals surface area contributed by atoms with Gasteiger partial charge in [-0.25, -0.2) is 15.0 Å². The molecule has 0 bridgehead atoms. The van der Waals surface area contributed by atoms with Crippen molar-refractivity contribution in [3.63, 3.8) is 0 Å². The fourth-order valence-electron chi connectivity index (χ4n) is 4.87. The summed E-state index contributed by atoms with van der Waals surface area (Å²) in [6, 6.07) is 16.6. The molecule has 12 nitrogen and oxygen atoms in total. The number of aliphatic hydroxyl groups excluding tert-OH is 2. The lowest BCUT2D eigenvalue weighted by atomic mass is 10.1. The molecule has 0 radical (unpaired) electrons. The Hall–Kier alpha value is -4.91. The van der Waals surface area contributed by atoms with E-state index < -0.39 is 24.5 Å². The quantitative estimate of drug-likeness (QED) is 0.182. The van der Waals surface area contributed by atoms with Gasteiger partial charge < -0.3 is 30.6 Å². The fraction of sp³-hybridized carbons (Fsp3) is 0.207. The summed E-state index contributed by atoms with van der Waals surface area (Å²) in [5, 5.41) is 28.0. The van der Waals surface area contributed by atoms with Gasteiger partial charge in [-0.1, -0.05) is 36.4 Å². The van der Waals surface area contributed by atoms with E-state index in [-0.39, 0.29) is 23.1 Å². The molecule has 1 aliphatic rings. The summed E-state index contributed by atoms with van der Waals surface area (Å²) in [6.07, 6.45) is 3.30. The standard InChI is InChI=1S/C29H27N7O5/c37-22(30-13-12-18-14-31-20-9-5-4-8-19(18)20)11-10-21-24(38)25(39)29(41-21)36-16-34-23-26(32-15-33-27(23)36)35-28(40)17-6-2-1-3-7-17/h1-11,14-16,21,24-25,29,31,38-39H,12-13H2,(H,30,37)(H,32,33,35,40)/b11-10+/t21-,24-,25-,29-/m1/s1. The van der Waals surface area contributed by atoms with E-state index in [9.17, 15) is 19.8 Å². The molecule has 0 aliphatic carbocycles. The molecule has 0 unspecified atom stereocenters. The van der Waals surface area contributed by atoms with Crippen LogP contribution in [0, 0.1) is 0 Å². The Bertz CT molecular complexity index is 1730. The van der Waals surface area contributed by atoms with E-state index in [1.54, 1.807) is 24.3 Å². The van der Waals surface area contributed by atoms with Crippen molar-refractivity contribution in [2.45, 2.75) is 31.0 Å². The van der Waals surface area contributed by atoms with Gasteiger partial charge in [0.2, 0.25) is 5.91 Å². The van der Waals surface area contributed by atoms with Crippen molar-refractivity contribution < 1.29 is 24.5 Å². The fourth-order valence-corrected chi connectivity index (χ4v) is 4.87. The number of hydrogen-bond donors (Lipinski definition) is 5. The molecule has 6 rings (SSSR count). The molecule has 5 N–H and O–H groups in total. The molecule has 3 aromatic heterocycles. The van der Waals surface area contributed by atoms with E-state index in [4.69, 9.17) is 4.74 Å². The van der Waals surface area contributed by atoms with Crippen molar-refractivity contribution in [2.75, 3.05) is 11.9 Å². The van der Waals surface area contributed by atoms with Crippen LogP contribution in [0.3, 0.4) is 0 Å². The highest BCUT2D eigenvalue weighted by atomic mass is 16.6. The normalized spacial score (nSPS) is 20.6. The largest absolute Gasteiger partial charge is 0.387 e. The highest BCUT2D eigenvalue weighted by Crippen LogP contribution is 2.33. The minimum absolute atomic E-state index is 0.191. The molecule has 12 heteroatoms.